The molecule has 1 rings (SSSR count). The van der Waals surface area contributed by atoms with Crippen LogP contribution < -0.4 is 5.84 Å². The number of benzene rings is 1. The van der Waals surface area contributed by atoms with Crippen LogP contribution in [0.5, 0.6) is 0 Å². The molecule has 0 aromatic heterocycles. The van der Waals surface area contributed by atoms with Gasteiger partial charge in [0.25, 0.3) is 0 Å². The SMILES string of the molecule is COC[C@H](c1ccccc1)N(N)C(=O)CC(C)C.Cl. The van der Waals surface area contributed by atoms with Crippen LogP contribution in [-0.2, 0) is 9.53 Å². The lowest BCUT2D eigenvalue weighted by atomic mass is 10.1. The molecule has 0 aliphatic carbocycles. The minimum atomic E-state index is -0.234. The third kappa shape index (κ3) is 5.59. The molecule has 0 fully saturated rings. The standard InChI is InChI=1S/C14H22N2O2.ClH/c1-11(2)9-14(17)16(15)13(10-18-3)12-7-5-4-6-8-12;/h4-8,11,13H,9-10,15H2,1-3H3;1H/t13-;/m1./s1. The maximum atomic E-state index is 12.0. The van der Waals surface area contributed by atoms with Crippen molar-refractivity contribution in [1.82, 2.24) is 5.01 Å². The molecule has 0 heterocycles. The number of hydrogen-bond donors (Lipinski definition) is 1. The van der Waals surface area contributed by atoms with Gasteiger partial charge in [-0.3, -0.25) is 9.80 Å². The predicted molar refractivity (Wildman–Crippen MR) is 78.8 cm³/mol. The Kier molecular flexibility index (Phi) is 8.39. The quantitative estimate of drug-likeness (QED) is 0.497. The number of methoxy groups -OCH3 is 1. The fraction of sp³-hybridized carbons (Fsp3) is 0.500. The van der Waals surface area contributed by atoms with Gasteiger partial charge < -0.3 is 4.74 Å². The molecule has 5 heteroatoms. The molecule has 0 saturated heterocycles. The molecule has 0 radical (unpaired) electrons. The van der Waals surface area contributed by atoms with Crippen molar-refractivity contribution in [3.8, 4) is 0 Å². The van der Waals surface area contributed by atoms with Crippen LogP contribution in [0.4, 0.5) is 0 Å². The van der Waals surface area contributed by atoms with Crippen LogP contribution in [0.3, 0.4) is 0 Å². The highest BCUT2D eigenvalue weighted by Gasteiger charge is 2.22. The molecule has 0 aliphatic rings. The normalized spacial score (nSPS) is 11.8. The Morgan fingerprint density at radius 1 is 1.32 bits per heavy atom. The molecule has 0 aliphatic heterocycles. The van der Waals surface area contributed by atoms with E-state index >= 15 is 0 Å². The van der Waals surface area contributed by atoms with E-state index in [0.717, 1.165) is 5.56 Å². The molecule has 1 aromatic carbocycles. The minimum absolute atomic E-state index is 0. The van der Waals surface area contributed by atoms with E-state index in [-0.39, 0.29) is 24.4 Å². The summed E-state index contributed by atoms with van der Waals surface area (Å²) < 4.78 is 5.16. The Morgan fingerprint density at radius 2 is 1.89 bits per heavy atom. The van der Waals surface area contributed by atoms with Gasteiger partial charge in [0.15, 0.2) is 0 Å². The van der Waals surface area contributed by atoms with E-state index in [1.54, 1.807) is 7.11 Å². The van der Waals surface area contributed by atoms with E-state index in [1.807, 2.05) is 44.2 Å². The van der Waals surface area contributed by atoms with Gasteiger partial charge in [0.2, 0.25) is 5.91 Å². The smallest absolute Gasteiger partial charge is 0.237 e. The van der Waals surface area contributed by atoms with Crippen molar-refractivity contribution < 1.29 is 9.53 Å². The second kappa shape index (κ2) is 8.91. The largest absolute Gasteiger partial charge is 0.382 e. The van der Waals surface area contributed by atoms with Crippen LogP contribution in [0.1, 0.15) is 31.9 Å². The molecular weight excluding hydrogens is 264 g/mol. The Labute approximate surface area is 121 Å². The van der Waals surface area contributed by atoms with Crippen LogP contribution in [0.2, 0.25) is 0 Å². The Hall–Kier alpha value is -1.10. The summed E-state index contributed by atoms with van der Waals surface area (Å²) in [6, 6.07) is 9.46. The second-order valence-electron chi connectivity index (χ2n) is 4.78. The second-order valence-corrected chi connectivity index (χ2v) is 4.78. The number of hydrazine groups is 1. The van der Waals surface area contributed by atoms with Crippen molar-refractivity contribution in [3.05, 3.63) is 35.9 Å². The van der Waals surface area contributed by atoms with E-state index in [9.17, 15) is 4.79 Å². The Morgan fingerprint density at radius 3 is 2.37 bits per heavy atom. The van der Waals surface area contributed by atoms with Crippen molar-refractivity contribution in [1.29, 1.82) is 0 Å². The first-order chi connectivity index (χ1) is 8.56. The van der Waals surface area contributed by atoms with E-state index in [4.69, 9.17) is 10.6 Å². The van der Waals surface area contributed by atoms with Gasteiger partial charge in [-0.05, 0) is 11.5 Å². The molecule has 0 bridgehead atoms. The zero-order valence-electron chi connectivity index (χ0n) is 11.7. The fourth-order valence-corrected chi connectivity index (χ4v) is 1.80. The number of carbonyl (C=O) groups is 1. The average Bonchev–Trinajstić information content (AvgIpc) is 2.35. The Bertz CT molecular complexity index is 371. The van der Waals surface area contributed by atoms with E-state index < -0.39 is 0 Å². The molecule has 2 N–H and O–H groups in total. The summed E-state index contributed by atoms with van der Waals surface area (Å²) in [4.78, 5) is 12.0. The van der Waals surface area contributed by atoms with Crippen LogP contribution in [0.15, 0.2) is 30.3 Å². The van der Waals surface area contributed by atoms with Gasteiger partial charge in [-0.1, -0.05) is 44.2 Å². The van der Waals surface area contributed by atoms with Crippen LogP contribution in [0.25, 0.3) is 0 Å². The molecule has 0 unspecified atom stereocenters. The number of halogens is 1. The number of rotatable bonds is 6. The third-order valence-electron chi connectivity index (χ3n) is 2.72. The third-order valence-corrected chi connectivity index (χ3v) is 2.72. The fourth-order valence-electron chi connectivity index (χ4n) is 1.80. The van der Waals surface area contributed by atoms with Gasteiger partial charge in [0.1, 0.15) is 0 Å². The number of nitrogens with two attached hydrogens (primary N) is 1. The number of nitrogens with zero attached hydrogens (tertiary/aromatic N) is 1. The summed E-state index contributed by atoms with van der Waals surface area (Å²) >= 11 is 0. The maximum absolute atomic E-state index is 12.0. The molecule has 108 valence electrons. The monoisotopic (exact) mass is 286 g/mol. The first-order valence-electron chi connectivity index (χ1n) is 6.17. The first kappa shape index (κ1) is 17.9. The van der Waals surface area contributed by atoms with Gasteiger partial charge in [0, 0.05) is 13.5 Å². The maximum Gasteiger partial charge on any atom is 0.237 e. The van der Waals surface area contributed by atoms with Gasteiger partial charge in [0.05, 0.1) is 12.6 Å². The molecular formula is C14H23ClN2O2. The van der Waals surface area contributed by atoms with Crippen LogP contribution in [0, 0.1) is 5.92 Å². The lowest BCUT2D eigenvalue weighted by molar-refractivity contribution is -0.136. The van der Waals surface area contributed by atoms with Crippen molar-refractivity contribution >= 4 is 18.3 Å². The summed E-state index contributed by atoms with van der Waals surface area (Å²) in [7, 11) is 1.61. The zero-order chi connectivity index (χ0) is 13.5. The number of hydrogen-bond acceptors (Lipinski definition) is 3. The van der Waals surface area contributed by atoms with E-state index in [0.29, 0.717) is 18.9 Å². The average molecular weight is 287 g/mol. The molecule has 1 aromatic rings. The van der Waals surface area contributed by atoms with Gasteiger partial charge in [-0.2, -0.15) is 0 Å². The van der Waals surface area contributed by atoms with Gasteiger partial charge in [-0.15, -0.1) is 12.4 Å². The van der Waals surface area contributed by atoms with Gasteiger partial charge in [-0.25, -0.2) is 5.84 Å². The lowest BCUT2D eigenvalue weighted by Crippen LogP contribution is -2.42. The van der Waals surface area contributed by atoms with Crippen molar-refractivity contribution in [3.63, 3.8) is 0 Å². The topological polar surface area (TPSA) is 55.6 Å². The first-order valence-corrected chi connectivity index (χ1v) is 6.17. The van der Waals surface area contributed by atoms with Crippen molar-refractivity contribution in [2.45, 2.75) is 26.3 Å². The van der Waals surface area contributed by atoms with Crippen LogP contribution >= 0.6 is 12.4 Å². The van der Waals surface area contributed by atoms with Crippen LogP contribution in [-0.4, -0.2) is 24.6 Å². The zero-order valence-corrected chi connectivity index (χ0v) is 12.5. The van der Waals surface area contributed by atoms with E-state index in [2.05, 4.69) is 0 Å². The molecule has 1 amide bonds. The summed E-state index contributed by atoms with van der Waals surface area (Å²) in [5.74, 6) is 6.17. The van der Waals surface area contributed by atoms with Crippen molar-refractivity contribution in [2.24, 2.45) is 11.8 Å². The number of carbonyl (C=O) groups excluding carboxylic acids is 1. The summed E-state index contributed by atoms with van der Waals surface area (Å²) in [5, 5.41) is 1.29. The highest BCUT2D eigenvalue weighted by molar-refractivity contribution is 5.85. The number of ether oxygens (including phenoxy) is 1. The minimum Gasteiger partial charge on any atom is -0.382 e. The lowest BCUT2D eigenvalue weighted by Gasteiger charge is -2.28. The molecule has 0 spiro atoms. The molecule has 19 heavy (non-hydrogen) atoms. The Balaban J connectivity index is 0.00000324. The van der Waals surface area contributed by atoms with E-state index in [1.165, 1.54) is 5.01 Å². The molecule has 1 atom stereocenters. The molecule has 4 nitrogen and oxygen atoms in total. The highest BCUT2D eigenvalue weighted by atomic mass is 35.5. The molecule has 0 saturated carbocycles. The highest BCUT2D eigenvalue weighted by Crippen LogP contribution is 2.19. The summed E-state index contributed by atoms with van der Waals surface area (Å²) in [6.45, 7) is 4.39. The predicted octanol–water partition coefficient (Wildman–Crippen LogP) is 2.54. The number of amides is 1. The summed E-state index contributed by atoms with van der Waals surface area (Å²) in [5.41, 5.74) is 0.985. The van der Waals surface area contributed by atoms with Gasteiger partial charge >= 0.3 is 0 Å². The van der Waals surface area contributed by atoms with Crippen molar-refractivity contribution in [2.75, 3.05) is 13.7 Å². The summed E-state index contributed by atoms with van der Waals surface area (Å²) in [6.07, 6.45) is 0.448.